The van der Waals surface area contributed by atoms with Crippen molar-refractivity contribution in [3.63, 3.8) is 0 Å². The molecule has 0 aliphatic carbocycles. The molecule has 1 heterocycles. The fourth-order valence-electron chi connectivity index (χ4n) is 2.59. The van der Waals surface area contributed by atoms with Gasteiger partial charge in [0.05, 0.1) is 18.3 Å². The molecular formula is C18H17NO2. The van der Waals surface area contributed by atoms with Crippen LogP contribution in [0.15, 0.2) is 60.7 Å². The molecule has 0 spiro atoms. The Labute approximate surface area is 124 Å². The molecule has 1 aliphatic heterocycles. The molecule has 106 valence electrons. The average molecular weight is 279 g/mol. The number of carbonyl (C=O) groups is 1. The SMILES string of the molecule is CCOC(=O)N1c2ccccc2C=CC1c1ccccc1. The topological polar surface area (TPSA) is 29.5 Å². The summed E-state index contributed by atoms with van der Waals surface area (Å²) in [6, 6.07) is 17.7. The first kappa shape index (κ1) is 13.4. The number of rotatable bonds is 2. The molecule has 2 aromatic rings. The quantitative estimate of drug-likeness (QED) is 0.814. The number of hydrogen-bond donors (Lipinski definition) is 0. The van der Waals surface area contributed by atoms with Crippen molar-refractivity contribution in [1.29, 1.82) is 0 Å². The van der Waals surface area contributed by atoms with Gasteiger partial charge in [0.25, 0.3) is 0 Å². The molecule has 0 N–H and O–H groups in total. The fraction of sp³-hybridized carbons (Fsp3) is 0.167. The minimum atomic E-state index is -0.317. The maximum absolute atomic E-state index is 12.4. The van der Waals surface area contributed by atoms with Gasteiger partial charge >= 0.3 is 6.09 Å². The molecule has 0 saturated carbocycles. The lowest BCUT2D eigenvalue weighted by Crippen LogP contribution is -2.36. The molecule has 0 bridgehead atoms. The zero-order valence-corrected chi connectivity index (χ0v) is 11.9. The van der Waals surface area contributed by atoms with Crippen LogP contribution in [-0.2, 0) is 4.74 Å². The molecule has 0 saturated heterocycles. The van der Waals surface area contributed by atoms with Gasteiger partial charge in [-0.05, 0) is 24.1 Å². The van der Waals surface area contributed by atoms with Crippen LogP contribution in [0.4, 0.5) is 10.5 Å². The van der Waals surface area contributed by atoms with Crippen LogP contribution in [0.2, 0.25) is 0 Å². The highest BCUT2D eigenvalue weighted by Gasteiger charge is 2.29. The number of amides is 1. The van der Waals surface area contributed by atoms with Gasteiger partial charge in [-0.3, -0.25) is 4.90 Å². The molecule has 21 heavy (non-hydrogen) atoms. The molecular weight excluding hydrogens is 262 g/mol. The summed E-state index contributed by atoms with van der Waals surface area (Å²) in [5.74, 6) is 0. The Morgan fingerprint density at radius 1 is 1.10 bits per heavy atom. The number of fused-ring (bicyclic) bond motifs is 1. The van der Waals surface area contributed by atoms with Crippen molar-refractivity contribution in [3.8, 4) is 0 Å². The molecule has 0 fully saturated rings. The third-order valence-electron chi connectivity index (χ3n) is 3.54. The number of hydrogen-bond acceptors (Lipinski definition) is 2. The lowest BCUT2D eigenvalue weighted by Gasteiger charge is -2.33. The molecule has 0 radical (unpaired) electrons. The van der Waals surface area contributed by atoms with E-state index in [-0.39, 0.29) is 12.1 Å². The predicted octanol–water partition coefficient (Wildman–Crippen LogP) is 4.42. The summed E-state index contributed by atoms with van der Waals surface area (Å²) < 4.78 is 5.24. The smallest absolute Gasteiger partial charge is 0.415 e. The van der Waals surface area contributed by atoms with Gasteiger partial charge in [-0.2, -0.15) is 0 Å². The summed E-state index contributed by atoms with van der Waals surface area (Å²) >= 11 is 0. The van der Waals surface area contributed by atoms with Crippen LogP contribution in [0, 0.1) is 0 Å². The first-order chi connectivity index (χ1) is 10.3. The summed E-state index contributed by atoms with van der Waals surface area (Å²) in [5, 5.41) is 0. The number of benzene rings is 2. The number of nitrogens with zero attached hydrogens (tertiary/aromatic N) is 1. The van der Waals surface area contributed by atoms with Gasteiger partial charge in [0.2, 0.25) is 0 Å². The Balaban J connectivity index is 2.06. The molecule has 1 amide bonds. The van der Waals surface area contributed by atoms with Crippen LogP contribution in [-0.4, -0.2) is 12.7 Å². The maximum atomic E-state index is 12.4. The van der Waals surface area contributed by atoms with Crippen molar-refractivity contribution >= 4 is 17.9 Å². The second kappa shape index (κ2) is 5.83. The second-order valence-electron chi connectivity index (χ2n) is 4.84. The summed E-state index contributed by atoms with van der Waals surface area (Å²) in [6.07, 6.45) is 3.78. The summed E-state index contributed by atoms with van der Waals surface area (Å²) in [6.45, 7) is 2.18. The first-order valence-electron chi connectivity index (χ1n) is 7.09. The van der Waals surface area contributed by atoms with Gasteiger partial charge in [0, 0.05) is 0 Å². The Bertz CT molecular complexity index is 664. The summed E-state index contributed by atoms with van der Waals surface area (Å²) in [7, 11) is 0. The van der Waals surface area contributed by atoms with Gasteiger partial charge < -0.3 is 4.74 Å². The van der Waals surface area contributed by atoms with E-state index in [1.807, 2.05) is 67.6 Å². The van der Waals surface area contributed by atoms with Crippen molar-refractivity contribution < 1.29 is 9.53 Å². The third-order valence-corrected chi connectivity index (χ3v) is 3.54. The first-order valence-corrected chi connectivity index (χ1v) is 7.09. The molecule has 1 unspecified atom stereocenters. The monoisotopic (exact) mass is 279 g/mol. The van der Waals surface area contributed by atoms with E-state index in [4.69, 9.17) is 4.74 Å². The molecule has 1 atom stereocenters. The fourth-order valence-corrected chi connectivity index (χ4v) is 2.59. The van der Waals surface area contributed by atoms with E-state index in [2.05, 4.69) is 6.08 Å². The van der Waals surface area contributed by atoms with Crippen molar-refractivity contribution in [2.75, 3.05) is 11.5 Å². The zero-order valence-electron chi connectivity index (χ0n) is 11.9. The minimum Gasteiger partial charge on any atom is -0.449 e. The number of ether oxygens (including phenoxy) is 1. The highest BCUT2D eigenvalue weighted by molar-refractivity contribution is 5.93. The lowest BCUT2D eigenvalue weighted by atomic mass is 9.98. The van der Waals surface area contributed by atoms with Gasteiger partial charge in [-0.25, -0.2) is 4.79 Å². The van der Waals surface area contributed by atoms with Crippen LogP contribution in [0.3, 0.4) is 0 Å². The average Bonchev–Trinajstić information content (AvgIpc) is 2.54. The highest BCUT2D eigenvalue weighted by atomic mass is 16.6. The van der Waals surface area contributed by atoms with Crippen molar-refractivity contribution in [1.82, 2.24) is 0 Å². The Morgan fingerprint density at radius 2 is 1.81 bits per heavy atom. The minimum absolute atomic E-state index is 0.139. The van der Waals surface area contributed by atoms with E-state index in [0.29, 0.717) is 6.61 Å². The van der Waals surface area contributed by atoms with E-state index >= 15 is 0 Å². The van der Waals surface area contributed by atoms with Crippen LogP contribution in [0.1, 0.15) is 24.1 Å². The molecule has 3 heteroatoms. The molecule has 3 nitrogen and oxygen atoms in total. The van der Waals surface area contributed by atoms with E-state index in [1.165, 1.54) is 0 Å². The largest absolute Gasteiger partial charge is 0.449 e. The maximum Gasteiger partial charge on any atom is 0.415 e. The van der Waals surface area contributed by atoms with Crippen molar-refractivity contribution in [2.45, 2.75) is 13.0 Å². The van der Waals surface area contributed by atoms with Gasteiger partial charge in [-0.1, -0.05) is 60.7 Å². The van der Waals surface area contributed by atoms with Crippen molar-refractivity contribution in [3.05, 3.63) is 71.8 Å². The molecule has 0 aromatic heterocycles. The summed E-state index contributed by atoms with van der Waals surface area (Å²) in [5.41, 5.74) is 2.97. The summed E-state index contributed by atoms with van der Waals surface area (Å²) in [4.78, 5) is 14.1. The van der Waals surface area contributed by atoms with Gasteiger partial charge in [0.1, 0.15) is 0 Å². The Kier molecular flexibility index (Phi) is 3.73. The van der Waals surface area contributed by atoms with E-state index in [0.717, 1.165) is 16.8 Å². The van der Waals surface area contributed by atoms with E-state index in [1.54, 1.807) is 4.90 Å². The third kappa shape index (κ3) is 2.55. The lowest BCUT2D eigenvalue weighted by molar-refractivity contribution is 0.158. The van der Waals surface area contributed by atoms with Crippen LogP contribution in [0.25, 0.3) is 6.08 Å². The van der Waals surface area contributed by atoms with Gasteiger partial charge in [0.15, 0.2) is 0 Å². The van der Waals surface area contributed by atoms with Crippen molar-refractivity contribution in [2.24, 2.45) is 0 Å². The normalized spacial score (nSPS) is 16.4. The number of carbonyl (C=O) groups excluding carboxylic acids is 1. The number of anilines is 1. The molecule has 1 aliphatic rings. The zero-order chi connectivity index (χ0) is 14.7. The standard InChI is InChI=1S/C18H17NO2/c1-2-21-18(20)19-16-11-7-6-10-15(16)12-13-17(19)14-8-4-3-5-9-14/h3-13,17H,2H2,1H3. The Morgan fingerprint density at radius 3 is 2.57 bits per heavy atom. The van der Waals surface area contributed by atoms with E-state index in [9.17, 15) is 4.79 Å². The van der Waals surface area contributed by atoms with Crippen LogP contribution in [0.5, 0.6) is 0 Å². The highest BCUT2D eigenvalue weighted by Crippen LogP contribution is 2.36. The van der Waals surface area contributed by atoms with Crippen LogP contribution < -0.4 is 4.90 Å². The number of para-hydroxylation sites is 1. The Hall–Kier alpha value is -2.55. The van der Waals surface area contributed by atoms with E-state index < -0.39 is 0 Å². The predicted molar refractivity (Wildman–Crippen MR) is 84.2 cm³/mol. The van der Waals surface area contributed by atoms with Crippen LogP contribution >= 0.6 is 0 Å². The van der Waals surface area contributed by atoms with Gasteiger partial charge in [-0.15, -0.1) is 0 Å². The second-order valence-corrected chi connectivity index (χ2v) is 4.84. The molecule has 3 rings (SSSR count). The molecule has 2 aromatic carbocycles.